The lowest BCUT2D eigenvalue weighted by Gasteiger charge is -2.24. The van der Waals surface area contributed by atoms with Crippen molar-refractivity contribution in [2.75, 3.05) is 20.1 Å². The topological polar surface area (TPSA) is 63.1 Å². The molecule has 2 aromatic heterocycles. The van der Waals surface area contributed by atoms with E-state index in [1.807, 2.05) is 23.2 Å². The molecule has 0 radical (unpaired) electrons. The zero-order valence-electron chi connectivity index (χ0n) is 15.6. The molecule has 1 fully saturated rings. The van der Waals surface area contributed by atoms with Gasteiger partial charge in [0.1, 0.15) is 6.54 Å². The van der Waals surface area contributed by atoms with E-state index in [2.05, 4.69) is 29.2 Å². The summed E-state index contributed by atoms with van der Waals surface area (Å²) in [7, 11) is 1.84. The van der Waals surface area contributed by atoms with E-state index in [0.29, 0.717) is 18.4 Å². The number of thiazole rings is 1. The molecule has 0 saturated carbocycles. The van der Waals surface area contributed by atoms with Gasteiger partial charge >= 0.3 is 0 Å². The minimum atomic E-state index is 0. The van der Waals surface area contributed by atoms with E-state index in [0.717, 1.165) is 35.9 Å². The van der Waals surface area contributed by atoms with Gasteiger partial charge in [-0.2, -0.15) is 5.10 Å². The lowest BCUT2D eigenvalue weighted by molar-refractivity contribution is -0.131. The molecule has 3 rings (SSSR count). The Morgan fingerprint density at radius 3 is 2.96 bits per heavy atom. The van der Waals surface area contributed by atoms with Gasteiger partial charge in [0, 0.05) is 42.7 Å². The number of amides is 1. The van der Waals surface area contributed by atoms with Gasteiger partial charge < -0.3 is 10.2 Å². The first-order chi connectivity index (χ1) is 12.0. The first-order valence-electron chi connectivity index (χ1n) is 8.95. The molecule has 0 spiro atoms. The van der Waals surface area contributed by atoms with Crippen molar-refractivity contribution in [3.63, 3.8) is 0 Å². The highest BCUT2D eigenvalue weighted by molar-refractivity contribution is 7.09. The molecular formula is C18H28ClN5OS. The third kappa shape index (κ3) is 5.05. The number of rotatable bonds is 6. The zero-order chi connectivity index (χ0) is 17.8. The molecule has 6 nitrogen and oxygen atoms in total. The summed E-state index contributed by atoms with van der Waals surface area (Å²) >= 11 is 1.66. The molecule has 0 aromatic carbocycles. The molecule has 2 aromatic rings. The molecule has 1 amide bonds. The van der Waals surface area contributed by atoms with Gasteiger partial charge in [0.15, 0.2) is 0 Å². The quantitative estimate of drug-likeness (QED) is 0.813. The first kappa shape index (κ1) is 20.9. The van der Waals surface area contributed by atoms with Gasteiger partial charge in [-0.3, -0.25) is 9.48 Å². The van der Waals surface area contributed by atoms with Crippen LogP contribution in [0.2, 0.25) is 0 Å². The fourth-order valence-electron chi connectivity index (χ4n) is 3.17. The summed E-state index contributed by atoms with van der Waals surface area (Å²) in [6.07, 6.45) is 4.12. The number of carbonyl (C=O) groups is 1. The van der Waals surface area contributed by atoms with Crippen LogP contribution < -0.4 is 5.32 Å². The third-order valence-corrected chi connectivity index (χ3v) is 5.83. The van der Waals surface area contributed by atoms with Gasteiger partial charge in [-0.1, -0.05) is 13.8 Å². The van der Waals surface area contributed by atoms with E-state index >= 15 is 0 Å². The van der Waals surface area contributed by atoms with Gasteiger partial charge in [-0.15, -0.1) is 23.7 Å². The average molecular weight is 398 g/mol. The summed E-state index contributed by atoms with van der Waals surface area (Å²) < 4.78 is 1.86. The summed E-state index contributed by atoms with van der Waals surface area (Å²) in [6, 6.07) is 2.04. The van der Waals surface area contributed by atoms with Gasteiger partial charge in [0.05, 0.1) is 17.2 Å². The smallest absolute Gasteiger partial charge is 0.244 e. The molecule has 1 saturated heterocycles. The number of nitrogens with one attached hydrogen (secondary N) is 1. The van der Waals surface area contributed by atoms with E-state index in [1.165, 1.54) is 6.42 Å². The van der Waals surface area contributed by atoms with Crippen molar-refractivity contribution < 1.29 is 4.79 Å². The van der Waals surface area contributed by atoms with Crippen molar-refractivity contribution in [3.05, 3.63) is 34.0 Å². The second kappa shape index (κ2) is 9.48. The standard InChI is InChI=1S/C18H27N5OS.ClH/c1-13(2)18-21-15(12-25-18)10-22(3)17(24)11-23-16(6-8-20-23)14-5-4-7-19-9-14;/h6,8,12-14,19H,4-5,7,9-11H2,1-3H3;1H. The number of aromatic nitrogens is 3. The number of nitrogens with zero attached hydrogens (tertiary/aromatic N) is 4. The van der Waals surface area contributed by atoms with Crippen LogP contribution in [0.3, 0.4) is 0 Å². The summed E-state index contributed by atoms with van der Waals surface area (Å²) in [4.78, 5) is 19.0. The number of piperidine rings is 1. The van der Waals surface area contributed by atoms with E-state index in [-0.39, 0.29) is 24.9 Å². The Morgan fingerprint density at radius 1 is 1.50 bits per heavy atom. The fraction of sp³-hybridized carbons (Fsp3) is 0.611. The normalized spacial score (nSPS) is 17.2. The van der Waals surface area contributed by atoms with E-state index in [1.54, 1.807) is 22.4 Å². The molecule has 1 atom stereocenters. The highest BCUT2D eigenvalue weighted by atomic mass is 35.5. The van der Waals surface area contributed by atoms with Crippen LogP contribution in [-0.4, -0.2) is 45.7 Å². The van der Waals surface area contributed by atoms with Crippen LogP contribution in [0.1, 0.15) is 54.9 Å². The zero-order valence-corrected chi connectivity index (χ0v) is 17.3. The predicted molar refractivity (Wildman–Crippen MR) is 107 cm³/mol. The maximum atomic E-state index is 12.6. The Bertz CT molecular complexity index is 708. The molecular weight excluding hydrogens is 370 g/mol. The van der Waals surface area contributed by atoms with Crippen LogP contribution in [0, 0.1) is 0 Å². The molecule has 8 heteroatoms. The molecule has 0 bridgehead atoms. The van der Waals surface area contributed by atoms with Gasteiger partial charge in [-0.05, 0) is 25.5 Å². The number of hydrogen-bond donors (Lipinski definition) is 1. The molecule has 1 unspecified atom stereocenters. The number of halogens is 1. The Hall–Kier alpha value is -1.44. The van der Waals surface area contributed by atoms with Crippen molar-refractivity contribution in [2.45, 2.75) is 51.6 Å². The fourth-order valence-corrected chi connectivity index (χ4v) is 3.99. The van der Waals surface area contributed by atoms with Crippen LogP contribution in [0.5, 0.6) is 0 Å². The van der Waals surface area contributed by atoms with Crippen molar-refractivity contribution in [2.24, 2.45) is 0 Å². The average Bonchev–Trinajstić information content (AvgIpc) is 3.25. The molecule has 144 valence electrons. The minimum Gasteiger partial charge on any atom is -0.338 e. The molecule has 1 N–H and O–H groups in total. The van der Waals surface area contributed by atoms with E-state index in [9.17, 15) is 4.79 Å². The van der Waals surface area contributed by atoms with E-state index in [4.69, 9.17) is 0 Å². The Labute approximate surface area is 165 Å². The van der Waals surface area contributed by atoms with Crippen LogP contribution >= 0.6 is 23.7 Å². The maximum Gasteiger partial charge on any atom is 0.244 e. The highest BCUT2D eigenvalue weighted by Crippen LogP contribution is 2.23. The number of carbonyl (C=O) groups excluding carboxylic acids is 1. The van der Waals surface area contributed by atoms with Crippen LogP contribution in [-0.2, 0) is 17.9 Å². The van der Waals surface area contributed by atoms with Crippen molar-refractivity contribution in [1.82, 2.24) is 25.0 Å². The van der Waals surface area contributed by atoms with E-state index < -0.39 is 0 Å². The van der Waals surface area contributed by atoms with Crippen LogP contribution in [0.15, 0.2) is 17.6 Å². The highest BCUT2D eigenvalue weighted by Gasteiger charge is 2.21. The lowest BCUT2D eigenvalue weighted by atomic mass is 9.96. The Balaban J connectivity index is 0.00000243. The summed E-state index contributed by atoms with van der Waals surface area (Å²) in [5.74, 6) is 0.935. The summed E-state index contributed by atoms with van der Waals surface area (Å²) in [6.45, 7) is 7.15. The second-order valence-corrected chi connectivity index (χ2v) is 7.93. The number of likely N-dealkylation sites (N-methyl/N-ethyl adjacent to an activating group) is 1. The predicted octanol–water partition coefficient (Wildman–Crippen LogP) is 3.01. The van der Waals surface area contributed by atoms with Crippen molar-refractivity contribution >= 4 is 29.7 Å². The van der Waals surface area contributed by atoms with Crippen LogP contribution in [0.4, 0.5) is 0 Å². The summed E-state index contributed by atoms with van der Waals surface area (Å²) in [5, 5.41) is 11.0. The molecule has 0 aliphatic carbocycles. The molecule has 1 aliphatic rings. The Kier molecular flexibility index (Phi) is 7.61. The van der Waals surface area contributed by atoms with Crippen molar-refractivity contribution in [3.8, 4) is 0 Å². The minimum absolute atomic E-state index is 0. The monoisotopic (exact) mass is 397 g/mol. The van der Waals surface area contributed by atoms with Gasteiger partial charge in [-0.25, -0.2) is 4.98 Å². The molecule has 1 aliphatic heterocycles. The third-order valence-electron chi connectivity index (χ3n) is 4.64. The van der Waals surface area contributed by atoms with Gasteiger partial charge in [0.2, 0.25) is 5.91 Å². The second-order valence-electron chi connectivity index (χ2n) is 7.04. The first-order valence-corrected chi connectivity index (χ1v) is 9.83. The SMILES string of the molecule is CC(C)c1nc(CN(C)C(=O)Cn2nccc2C2CCCNC2)cs1.Cl. The van der Waals surface area contributed by atoms with Crippen molar-refractivity contribution in [1.29, 1.82) is 0 Å². The number of hydrogen-bond acceptors (Lipinski definition) is 5. The largest absolute Gasteiger partial charge is 0.338 e. The Morgan fingerprint density at radius 2 is 2.31 bits per heavy atom. The molecule has 26 heavy (non-hydrogen) atoms. The lowest BCUT2D eigenvalue weighted by Crippen LogP contribution is -2.33. The molecule has 3 heterocycles. The maximum absolute atomic E-state index is 12.6. The van der Waals surface area contributed by atoms with Crippen LogP contribution in [0.25, 0.3) is 0 Å². The summed E-state index contributed by atoms with van der Waals surface area (Å²) in [5.41, 5.74) is 2.12. The van der Waals surface area contributed by atoms with Gasteiger partial charge in [0.25, 0.3) is 0 Å².